The number of rotatable bonds is 9. The highest BCUT2D eigenvalue weighted by atomic mass is 32.2. The zero-order valence-corrected chi connectivity index (χ0v) is 12.3. The number of methoxy groups -OCH3 is 1. The molecule has 3 amide bonds. The standard InChI is InChI=1S/C11H19N3O5S/c1-8(15)14-7-20-4-3-9(16)12-5-10(17)13-6-11(18)19-2/h3-7H2,1-2H3,(H,12,16)(H,13,17)(H,14,15). The lowest BCUT2D eigenvalue weighted by Gasteiger charge is -2.06. The van der Waals surface area contributed by atoms with Crippen molar-refractivity contribution in [3.8, 4) is 0 Å². The maximum atomic E-state index is 11.4. The van der Waals surface area contributed by atoms with Crippen LogP contribution in [0.15, 0.2) is 0 Å². The zero-order chi connectivity index (χ0) is 15.4. The van der Waals surface area contributed by atoms with Crippen LogP contribution in [-0.2, 0) is 23.9 Å². The summed E-state index contributed by atoms with van der Waals surface area (Å²) in [5.41, 5.74) is 0. The van der Waals surface area contributed by atoms with Crippen LogP contribution in [0.2, 0.25) is 0 Å². The number of thioether (sulfide) groups is 1. The van der Waals surface area contributed by atoms with Gasteiger partial charge in [-0.15, -0.1) is 11.8 Å². The quantitative estimate of drug-likeness (QED) is 0.274. The van der Waals surface area contributed by atoms with Crippen molar-refractivity contribution in [1.82, 2.24) is 16.0 Å². The average molecular weight is 305 g/mol. The van der Waals surface area contributed by atoms with E-state index in [1.807, 2.05) is 0 Å². The minimum atomic E-state index is -0.556. The predicted molar refractivity (Wildman–Crippen MR) is 73.8 cm³/mol. The van der Waals surface area contributed by atoms with Crippen LogP contribution in [0.5, 0.6) is 0 Å². The average Bonchev–Trinajstić information content (AvgIpc) is 2.41. The van der Waals surface area contributed by atoms with Gasteiger partial charge in [0.15, 0.2) is 0 Å². The highest BCUT2D eigenvalue weighted by Gasteiger charge is 2.07. The molecular weight excluding hydrogens is 286 g/mol. The van der Waals surface area contributed by atoms with Gasteiger partial charge in [-0.2, -0.15) is 0 Å². The van der Waals surface area contributed by atoms with Crippen LogP contribution >= 0.6 is 11.8 Å². The van der Waals surface area contributed by atoms with Crippen molar-refractivity contribution < 1.29 is 23.9 Å². The molecule has 114 valence electrons. The molecule has 0 atom stereocenters. The molecule has 0 unspecified atom stereocenters. The molecule has 0 spiro atoms. The maximum Gasteiger partial charge on any atom is 0.325 e. The van der Waals surface area contributed by atoms with Crippen LogP contribution < -0.4 is 16.0 Å². The van der Waals surface area contributed by atoms with Gasteiger partial charge < -0.3 is 20.7 Å². The predicted octanol–water partition coefficient (Wildman–Crippen LogP) is -1.39. The normalized spacial score (nSPS) is 9.50. The zero-order valence-electron chi connectivity index (χ0n) is 11.5. The monoisotopic (exact) mass is 305 g/mol. The smallest absolute Gasteiger partial charge is 0.325 e. The Morgan fingerprint density at radius 1 is 1.00 bits per heavy atom. The van der Waals surface area contributed by atoms with E-state index in [-0.39, 0.29) is 31.3 Å². The number of amides is 3. The maximum absolute atomic E-state index is 11.4. The van der Waals surface area contributed by atoms with Crippen LogP contribution in [0.1, 0.15) is 13.3 Å². The van der Waals surface area contributed by atoms with Crippen molar-refractivity contribution in [2.45, 2.75) is 13.3 Å². The third-order valence-electron chi connectivity index (χ3n) is 2.00. The highest BCUT2D eigenvalue weighted by molar-refractivity contribution is 7.99. The molecule has 0 aromatic carbocycles. The molecule has 8 nitrogen and oxygen atoms in total. The van der Waals surface area contributed by atoms with Gasteiger partial charge in [0.25, 0.3) is 0 Å². The van der Waals surface area contributed by atoms with E-state index in [1.54, 1.807) is 0 Å². The fourth-order valence-corrected chi connectivity index (χ4v) is 1.74. The third-order valence-corrected chi connectivity index (χ3v) is 2.84. The van der Waals surface area contributed by atoms with Crippen LogP contribution in [0.25, 0.3) is 0 Å². The first-order valence-corrected chi connectivity index (χ1v) is 7.03. The van der Waals surface area contributed by atoms with Gasteiger partial charge in [-0.05, 0) is 0 Å². The van der Waals surface area contributed by atoms with Crippen molar-refractivity contribution in [3.63, 3.8) is 0 Å². The summed E-state index contributed by atoms with van der Waals surface area (Å²) in [5, 5.41) is 7.30. The van der Waals surface area contributed by atoms with Crippen LogP contribution in [0.3, 0.4) is 0 Å². The van der Waals surface area contributed by atoms with Crippen molar-refractivity contribution in [2.24, 2.45) is 0 Å². The molecule has 0 saturated carbocycles. The van der Waals surface area contributed by atoms with E-state index in [1.165, 1.54) is 25.8 Å². The molecule has 0 heterocycles. The van der Waals surface area contributed by atoms with Gasteiger partial charge in [0.05, 0.1) is 19.5 Å². The summed E-state index contributed by atoms with van der Waals surface area (Å²) < 4.78 is 4.35. The number of hydrogen-bond acceptors (Lipinski definition) is 6. The topological polar surface area (TPSA) is 114 Å². The highest BCUT2D eigenvalue weighted by Crippen LogP contribution is 1.99. The minimum Gasteiger partial charge on any atom is -0.468 e. The molecule has 0 aromatic heterocycles. The SMILES string of the molecule is COC(=O)CNC(=O)CNC(=O)CCSCNC(C)=O. The van der Waals surface area contributed by atoms with E-state index in [0.29, 0.717) is 11.6 Å². The molecule has 20 heavy (non-hydrogen) atoms. The Morgan fingerprint density at radius 2 is 1.65 bits per heavy atom. The molecular formula is C11H19N3O5S. The molecule has 0 radical (unpaired) electrons. The molecule has 9 heteroatoms. The Bertz CT molecular complexity index is 362. The summed E-state index contributed by atoms with van der Waals surface area (Å²) in [6, 6.07) is 0. The molecule has 0 bridgehead atoms. The fourth-order valence-electron chi connectivity index (χ4n) is 0.962. The molecule has 0 aliphatic carbocycles. The van der Waals surface area contributed by atoms with Gasteiger partial charge in [0, 0.05) is 19.1 Å². The van der Waals surface area contributed by atoms with Gasteiger partial charge in [0.2, 0.25) is 17.7 Å². The number of carbonyl (C=O) groups excluding carboxylic acids is 4. The molecule has 3 N–H and O–H groups in total. The van der Waals surface area contributed by atoms with Crippen LogP contribution in [0.4, 0.5) is 0 Å². The van der Waals surface area contributed by atoms with Gasteiger partial charge in [-0.1, -0.05) is 0 Å². The van der Waals surface area contributed by atoms with Crippen molar-refractivity contribution >= 4 is 35.5 Å². The number of esters is 1. The second-order valence-electron chi connectivity index (χ2n) is 3.67. The fraction of sp³-hybridized carbons (Fsp3) is 0.636. The van der Waals surface area contributed by atoms with Crippen LogP contribution in [0, 0.1) is 0 Å². The molecule has 0 rings (SSSR count). The van der Waals surface area contributed by atoms with E-state index >= 15 is 0 Å². The minimum absolute atomic E-state index is 0.121. The van der Waals surface area contributed by atoms with Gasteiger partial charge in [-0.3, -0.25) is 19.2 Å². The van der Waals surface area contributed by atoms with Crippen LogP contribution in [-0.4, -0.2) is 55.5 Å². The van der Waals surface area contributed by atoms with E-state index in [4.69, 9.17) is 0 Å². The lowest BCUT2D eigenvalue weighted by Crippen LogP contribution is -2.39. The Balaban J connectivity index is 3.54. The first kappa shape index (κ1) is 18.2. The summed E-state index contributed by atoms with van der Waals surface area (Å²) in [6.45, 7) is 1.00. The summed E-state index contributed by atoms with van der Waals surface area (Å²) in [7, 11) is 1.22. The molecule has 0 saturated heterocycles. The van der Waals surface area contributed by atoms with E-state index in [9.17, 15) is 19.2 Å². The van der Waals surface area contributed by atoms with Crippen molar-refractivity contribution in [2.75, 3.05) is 31.8 Å². The van der Waals surface area contributed by atoms with E-state index < -0.39 is 11.9 Å². The first-order valence-electron chi connectivity index (χ1n) is 5.88. The van der Waals surface area contributed by atoms with Crippen molar-refractivity contribution in [1.29, 1.82) is 0 Å². The molecule has 0 aromatic rings. The number of hydrogen-bond donors (Lipinski definition) is 3. The number of nitrogens with one attached hydrogen (secondary N) is 3. The Morgan fingerprint density at radius 3 is 2.25 bits per heavy atom. The first-order chi connectivity index (χ1) is 9.45. The molecule has 0 aliphatic heterocycles. The molecule has 0 fully saturated rings. The van der Waals surface area contributed by atoms with E-state index in [2.05, 4.69) is 20.7 Å². The van der Waals surface area contributed by atoms with Crippen molar-refractivity contribution in [3.05, 3.63) is 0 Å². The second kappa shape index (κ2) is 11.1. The Labute approximate surface area is 121 Å². The summed E-state index contributed by atoms with van der Waals surface area (Å²) in [4.78, 5) is 43.9. The third kappa shape index (κ3) is 11.3. The van der Waals surface area contributed by atoms with E-state index in [0.717, 1.165) is 0 Å². The second-order valence-corrected chi connectivity index (χ2v) is 4.77. The summed E-state index contributed by atoms with van der Waals surface area (Å²) >= 11 is 1.41. The van der Waals surface area contributed by atoms with Gasteiger partial charge in [-0.25, -0.2) is 0 Å². The van der Waals surface area contributed by atoms with Gasteiger partial charge >= 0.3 is 5.97 Å². The lowest BCUT2D eigenvalue weighted by atomic mass is 10.4. The van der Waals surface area contributed by atoms with Gasteiger partial charge in [0.1, 0.15) is 6.54 Å². The summed E-state index contributed by atoms with van der Waals surface area (Å²) in [6.07, 6.45) is 0.245. The Hall–Kier alpha value is -1.77. The lowest BCUT2D eigenvalue weighted by molar-refractivity contribution is -0.141. The molecule has 0 aliphatic rings. The largest absolute Gasteiger partial charge is 0.468 e. The number of ether oxygens (including phenoxy) is 1. The Kier molecular flexibility index (Phi) is 10.1. The number of carbonyl (C=O) groups is 4. The summed E-state index contributed by atoms with van der Waals surface area (Å²) in [5.74, 6) is -0.426.